The highest BCUT2D eigenvalue weighted by Gasteiger charge is 2.64. The molecule has 0 aliphatic heterocycles. The van der Waals surface area contributed by atoms with Gasteiger partial charge in [0.2, 0.25) is 0 Å². The second-order valence-electron chi connectivity index (χ2n) is 5.20. The van der Waals surface area contributed by atoms with Gasteiger partial charge in [-0.25, -0.2) is 9.59 Å². The summed E-state index contributed by atoms with van der Waals surface area (Å²) < 4.78 is 37.8. The molecule has 0 bridgehead atoms. The highest BCUT2D eigenvalue weighted by molar-refractivity contribution is 5.83. The summed E-state index contributed by atoms with van der Waals surface area (Å²) in [6, 6.07) is -2.29. The van der Waals surface area contributed by atoms with Crippen LogP contribution in [0.15, 0.2) is 0 Å². The van der Waals surface area contributed by atoms with Crippen LogP contribution < -0.4 is 10.6 Å². The van der Waals surface area contributed by atoms with E-state index in [1.165, 1.54) is 0 Å². The third kappa shape index (κ3) is 4.00. The zero-order valence-corrected chi connectivity index (χ0v) is 10.7. The summed E-state index contributed by atoms with van der Waals surface area (Å²) in [4.78, 5) is 22.3. The number of halogens is 3. The number of carbonyl (C=O) groups excluding carboxylic acids is 1. The number of hydrogen-bond donors (Lipinski definition) is 3. The smallest absolute Gasteiger partial charge is 0.411 e. The van der Waals surface area contributed by atoms with E-state index in [1.807, 2.05) is 5.32 Å². The number of alkyl halides is 3. The Balaban J connectivity index is 2.57. The summed E-state index contributed by atoms with van der Waals surface area (Å²) in [5.41, 5.74) is -2.18. The Morgan fingerprint density at radius 3 is 2.16 bits per heavy atom. The molecule has 110 valence electrons. The van der Waals surface area contributed by atoms with Crippen molar-refractivity contribution in [1.29, 1.82) is 0 Å². The van der Waals surface area contributed by atoms with Crippen LogP contribution in [0.3, 0.4) is 0 Å². The Labute approximate surface area is 108 Å². The lowest BCUT2D eigenvalue weighted by Gasteiger charge is -2.23. The van der Waals surface area contributed by atoms with E-state index in [0.29, 0.717) is 0 Å². The Kier molecular flexibility index (Phi) is 4.32. The molecular formula is C11H17F3N2O3. The molecule has 1 rings (SSSR count). The summed E-state index contributed by atoms with van der Waals surface area (Å²) in [6.07, 6.45) is -4.71. The van der Waals surface area contributed by atoms with Crippen LogP contribution in [0, 0.1) is 5.92 Å². The van der Waals surface area contributed by atoms with Gasteiger partial charge in [0.1, 0.15) is 11.6 Å². The lowest BCUT2D eigenvalue weighted by atomic mass is 10.0. The molecule has 1 atom stereocenters. The van der Waals surface area contributed by atoms with Crippen molar-refractivity contribution in [3.63, 3.8) is 0 Å². The predicted octanol–water partition coefficient (Wildman–Crippen LogP) is 1.88. The lowest BCUT2D eigenvalue weighted by molar-refractivity contribution is -0.162. The molecule has 0 spiro atoms. The largest absolute Gasteiger partial charge is 0.480 e. The fraction of sp³-hybridized carbons (Fsp3) is 0.818. The zero-order valence-electron chi connectivity index (χ0n) is 10.7. The summed E-state index contributed by atoms with van der Waals surface area (Å²) >= 11 is 0. The molecule has 1 aliphatic carbocycles. The minimum absolute atomic E-state index is 0.00102. The third-order valence-electron chi connectivity index (χ3n) is 2.96. The first kappa shape index (κ1) is 15.6. The SMILES string of the molecule is CC(C)C[C@@H](NC(=O)NC1(C(F)(F)F)CC1)C(=O)O. The van der Waals surface area contributed by atoms with Gasteiger partial charge in [-0.15, -0.1) is 0 Å². The number of urea groups is 1. The molecule has 0 radical (unpaired) electrons. The van der Waals surface area contributed by atoms with Crippen molar-refractivity contribution >= 4 is 12.0 Å². The fourth-order valence-electron chi connectivity index (χ4n) is 1.71. The molecule has 3 N–H and O–H groups in total. The number of rotatable bonds is 5. The summed E-state index contributed by atoms with van der Waals surface area (Å²) in [7, 11) is 0. The van der Waals surface area contributed by atoms with Gasteiger partial charge in [-0.05, 0) is 25.2 Å². The molecule has 5 nitrogen and oxygen atoms in total. The maximum atomic E-state index is 12.6. The predicted molar refractivity (Wildman–Crippen MR) is 60.6 cm³/mol. The molecule has 0 heterocycles. The number of hydrogen-bond acceptors (Lipinski definition) is 2. The van der Waals surface area contributed by atoms with E-state index in [-0.39, 0.29) is 25.2 Å². The molecule has 0 saturated heterocycles. The van der Waals surface area contributed by atoms with Gasteiger partial charge in [0, 0.05) is 0 Å². The number of carboxylic acids is 1. The Morgan fingerprint density at radius 1 is 1.32 bits per heavy atom. The van der Waals surface area contributed by atoms with Gasteiger partial charge in [-0.2, -0.15) is 13.2 Å². The van der Waals surface area contributed by atoms with Crippen LogP contribution >= 0.6 is 0 Å². The van der Waals surface area contributed by atoms with Crippen LogP contribution in [-0.4, -0.2) is 34.9 Å². The van der Waals surface area contributed by atoms with Gasteiger partial charge in [0.25, 0.3) is 0 Å². The van der Waals surface area contributed by atoms with Gasteiger partial charge >= 0.3 is 18.2 Å². The average Bonchev–Trinajstić information content (AvgIpc) is 2.95. The minimum atomic E-state index is -4.51. The van der Waals surface area contributed by atoms with Crippen molar-refractivity contribution < 1.29 is 27.9 Å². The van der Waals surface area contributed by atoms with Gasteiger partial charge in [0.05, 0.1) is 0 Å². The normalized spacial score (nSPS) is 18.8. The molecule has 0 aromatic carbocycles. The van der Waals surface area contributed by atoms with Crippen LogP contribution in [0.4, 0.5) is 18.0 Å². The van der Waals surface area contributed by atoms with Crippen LogP contribution in [0.25, 0.3) is 0 Å². The molecule has 0 aromatic heterocycles. The Bertz CT molecular complexity index is 365. The fourth-order valence-corrected chi connectivity index (χ4v) is 1.71. The van der Waals surface area contributed by atoms with E-state index >= 15 is 0 Å². The van der Waals surface area contributed by atoms with Gasteiger partial charge in [-0.1, -0.05) is 13.8 Å². The van der Waals surface area contributed by atoms with Crippen molar-refractivity contribution in [2.24, 2.45) is 5.92 Å². The number of carboxylic acid groups (broad SMARTS) is 1. The first-order valence-electron chi connectivity index (χ1n) is 5.95. The molecule has 0 unspecified atom stereocenters. The number of nitrogens with one attached hydrogen (secondary N) is 2. The maximum Gasteiger partial charge on any atom is 0.411 e. The lowest BCUT2D eigenvalue weighted by Crippen LogP contribution is -2.54. The van der Waals surface area contributed by atoms with E-state index in [0.717, 1.165) is 0 Å². The highest BCUT2D eigenvalue weighted by Crippen LogP contribution is 2.48. The molecular weight excluding hydrogens is 265 g/mol. The molecule has 19 heavy (non-hydrogen) atoms. The summed E-state index contributed by atoms with van der Waals surface area (Å²) in [5, 5.41) is 12.8. The Morgan fingerprint density at radius 2 is 1.84 bits per heavy atom. The van der Waals surface area contributed by atoms with E-state index < -0.39 is 29.8 Å². The van der Waals surface area contributed by atoms with Crippen molar-refractivity contribution in [2.45, 2.75) is 50.9 Å². The molecule has 1 aliphatic rings. The quantitative estimate of drug-likeness (QED) is 0.720. The average molecular weight is 282 g/mol. The summed E-state index contributed by atoms with van der Waals surface area (Å²) in [5.74, 6) is -1.26. The first-order valence-corrected chi connectivity index (χ1v) is 5.95. The van der Waals surface area contributed by atoms with Crippen LogP contribution in [-0.2, 0) is 4.79 Å². The molecule has 8 heteroatoms. The van der Waals surface area contributed by atoms with Crippen molar-refractivity contribution in [3.8, 4) is 0 Å². The van der Waals surface area contributed by atoms with E-state index in [4.69, 9.17) is 5.11 Å². The van der Waals surface area contributed by atoms with Crippen LogP contribution in [0.5, 0.6) is 0 Å². The third-order valence-corrected chi connectivity index (χ3v) is 2.96. The Hall–Kier alpha value is -1.47. The zero-order chi connectivity index (χ0) is 14.8. The maximum absolute atomic E-state index is 12.6. The molecule has 1 fully saturated rings. The van der Waals surface area contributed by atoms with Gasteiger partial charge in [-0.3, -0.25) is 0 Å². The van der Waals surface area contributed by atoms with Crippen molar-refractivity contribution in [2.75, 3.05) is 0 Å². The number of amides is 2. The minimum Gasteiger partial charge on any atom is -0.480 e. The van der Waals surface area contributed by atoms with Crippen LogP contribution in [0.2, 0.25) is 0 Å². The molecule has 0 aromatic rings. The van der Waals surface area contributed by atoms with Gasteiger partial charge in [0.15, 0.2) is 0 Å². The van der Waals surface area contributed by atoms with Gasteiger partial charge < -0.3 is 15.7 Å². The first-order chi connectivity index (χ1) is 8.57. The second kappa shape index (κ2) is 5.26. The standard InChI is InChI=1S/C11H17F3N2O3/c1-6(2)5-7(8(17)18)15-9(19)16-10(3-4-10)11(12,13)14/h6-7H,3-5H2,1-2H3,(H,17,18)(H2,15,16,19)/t7-/m1/s1. The van der Waals surface area contributed by atoms with E-state index in [1.54, 1.807) is 13.8 Å². The summed E-state index contributed by atoms with van der Waals surface area (Å²) in [6.45, 7) is 3.52. The van der Waals surface area contributed by atoms with Crippen molar-refractivity contribution in [1.82, 2.24) is 10.6 Å². The highest BCUT2D eigenvalue weighted by atomic mass is 19.4. The topological polar surface area (TPSA) is 78.4 Å². The number of aliphatic carboxylic acids is 1. The van der Waals surface area contributed by atoms with Crippen molar-refractivity contribution in [3.05, 3.63) is 0 Å². The molecule has 2 amide bonds. The van der Waals surface area contributed by atoms with E-state index in [2.05, 4.69) is 5.32 Å². The molecule has 1 saturated carbocycles. The monoisotopic (exact) mass is 282 g/mol. The second-order valence-corrected chi connectivity index (χ2v) is 5.20. The van der Waals surface area contributed by atoms with E-state index in [9.17, 15) is 22.8 Å². The van der Waals surface area contributed by atoms with Crippen LogP contribution in [0.1, 0.15) is 33.1 Å². The number of carbonyl (C=O) groups is 2.